The highest BCUT2D eigenvalue weighted by Gasteiger charge is 2.02. The quantitative estimate of drug-likeness (QED) is 0.616. The van der Waals surface area contributed by atoms with E-state index in [0.717, 1.165) is 0 Å². The van der Waals surface area contributed by atoms with Crippen molar-refractivity contribution in [2.75, 3.05) is 18.1 Å². The molecule has 0 bridgehead atoms. The van der Waals surface area contributed by atoms with Gasteiger partial charge in [-0.15, -0.1) is 0 Å². The van der Waals surface area contributed by atoms with Crippen LogP contribution in [0.5, 0.6) is 5.75 Å². The van der Waals surface area contributed by atoms with Gasteiger partial charge in [0.25, 0.3) is 0 Å². The third-order valence-corrected chi connectivity index (χ3v) is 1.61. The molecular formula is C9H12N2O3. The van der Waals surface area contributed by atoms with Gasteiger partial charge in [-0.05, 0) is 18.2 Å². The minimum atomic E-state index is -0.904. The molecule has 0 fully saturated rings. The predicted octanol–water partition coefficient (Wildman–Crippen LogP) is 0.704. The maximum Gasteiger partial charge on any atom is 0.306 e. The zero-order valence-electron chi connectivity index (χ0n) is 7.56. The molecule has 1 aromatic rings. The van der Waals surface area contributed by atoms with Crippen molar-refractivity contribution in [3.63, 3.8) is 0 Å². The Labute approximate surface area is 81.3 Å². The van der Waals surface area contributed by atoms with E-state index in [1.54, 1.807) is 18.2 Å². The summed E-state index contributed by atoms with van der Waals surface area (Å²) < 4.78 is 5.14. The lowest BCUT2D eigenvalue weighted by Gasteiger charge is -2.07. The number of hydrogen-bond acceptors (Lipinski definition) is 4. The number of nitrogen functional groups attached to an aromatic ring is 2. The zero-order chi connectivity index (χ0) is 10.6. The molecule has 1 rings (SSSR count). The molecule has 0 heterocycles. The van der Waals surface area contributed by atoms with Crippen LogP contribution in [0.25, 0.3) is 0 Å². The van der Waals surface area contributed by atoms with Crippen molar-refractivity contribution in [1.29, 1.82) is 0 Å². The van der Waals surface area contributed by atoms with Crippen LogP contribution >= 0.6 is 0 Å². The maximum atomic E-state index is 10.2. The number of benzene rings is 1. The van der Waals surface area contributed by atoms with Gasteiger partial charge in [-0.25, -0.2) is 0 Å². The molecule has 76 valence electrons. The molecule has 0 saturated carbocycles. The van der Waals surface area contributed by atoms with Crippen LogP contribution in [0.1, 0.15) is 6.42 Å². The Morgan fingerprint density at radius 2 is 2.14 bits per heavy atom. The van der Waals surface area contributed by atoms with Gasteiger partial charge in [0.05, 0.1) is 18.7 Å². The van der Waals surface area contributed by atoms with Crippen LogP contribution in [0.3, 0.4) is 0 Å². The van der Waals surface area contributed by atoms with E-state index in [-0.39, 0.29) is 13.0 Å². The van der Waals surface area contributed by atoms with E-state index in [1.165, 1.54) is 0 Å². The van der Waals surface area contributed by atoms with Gasteiger partial charge < -0.3 is 21.3 Å². The van der Waals surface area contributed by atoms with Gasteiger partial charge in [0.1, 0.15) is 5.75 Å². The lowest BCUT2D eigenvalue weighted by Crippen LogP contribution is -2.06. The molecule has 5 heteroatoms. The van der Waals surface area contributed by atoms with Crippen molar-refractivity contribution in [3.8, 4) is 5.75 Å². The Balaban J connectivity index is 2.55. The summed E-state index contributed by atoms with van der Waals surface area (Å²) >= 11 is 0. The molecule has 0 unspecified atom stereocenters. The van der Waals surface area contributed by atoms with Crippen molar-refractivity contribution >= 4 is 17.3 Å². The fraction of sp³-hybridized carbons (Fsp3) is 0.222. The van der Waals surface area contributed by atoms with E-state index in [4.69, 9.17) is 21.3 Å². The molecule has 1 aromatic carbocycles. The van der Waals surface area contributed by atoms with Crippen molar-refractivity contribution in [1.82, 2.24) is 0 Å². The average Bonchev–Trinajstić information content (AvgIpc) is 2.08. The third-order valence-electron chi connectivity index (χ3n) is 1.61. The highest BCUT2D eigenvalue weighted by Crippen LogP contribution is 2.23. The first-order valence-electron chi connectivity index (χ1n) is 4.09. The Bertz CT molecular complexity index is 339. The van der Waals surface area contributed by atoms with Gasteiger partial charge in [-0.1, -0.05) is 0 Å². The summed E-state index contributed by atoms with van der Waals surface area (Å²) in [6, 6.07) is 4.83. The van der Waals surface area contributed by atoms with Crippen LogP contribution in [-0.2, 0) is 4.79 Å². The summed E-state index contributed by atoms with van der Waals surface area (Å²) in [5.41, 5.74) is 12.0. The Kier molecular flexibility index (Phi) is 3.17. The first-order valence-corrected chi connectivity index (χ1v) is 4.09. The van der Waals surface area contributed by atoms with E-state index < -0.39 is 5.97 Å². The highest BCUT2D eigenvalue weighted by atomic mass is 16.5. The predicted molar refractivity (Wildman–Crippen MR) is 53.0 cm³/mol. The molecule has 0 amide bonds. The van der Waals surface area contributed by atoms with Crippen molar-refractivity contribution in [2.45, 2.75) is 6.42 Å². The first-order chi connectivity index (χ1) is 6.59. The standard InChI is InChI=1S/C9H12N2O3/c10-6-1-2-8(7(11)5-6)14-4-3-9(12)13/h1-2,5H,3-4,10-11H2,(H,12,13). The number of nitrogens with two attached hydrogens (primary N) is 2. The number of aliphatic carboxylic acids is 1. The number of anilines is 2. The molecule has 14 heavy (non-hydrogen) atoms. The molecule has 5 N–H and O–H groups in total. The number of hydrogen-bond donors (Lipinski definition) is 3. The molecule has 0 aromatic heterocycles. The molecule has 0 spiro atoms. The molecule has 0 aliphatic rings. The van der Waals surface area contributed by atoms with Crippen molar-refractivity contribution in [3.05, 3.63) is 18.2 Å². The average molecular weight is 196 g/mol. The summed E-state index contributed by atoms with van der Waals surface area (Å²) in [6.07, 6.45) is -0.0518. The fourth-order valence-electron chi connectivity index (χ4n) is 0.947. The zero-order valence-corrected chi connectivity index (χ0v) is 7.56. The van der Waals surface area contributed by atoms with E-state index in [0.29, 0.717) is 17.1 Å². The molecule has 5 nitrogen and oxygen atoms in total. The van der Waals surface area contributed by atoms with Gasteiger partial charge in [0.2, 0.25) is 0 Å². The van der Waals surface area contributed by atoms with Gasteiger partial charge in [-0.3, -0.25) is 4.79 Å². The number of carbonyl (C=O) groups is 1. The summed E-state index contributed by atoms with van der Waals surface area (Å²) in [5.74, 6) is -0.445. The maximum absolute atomic E-state index is 10.2. The molecule has 0 aliphatic heterocycles. The second kappa shape index (κ2) is 4.36. The summed E-state index contributed by atoms with van der Waals surface area (Å²) in [4.78, 5) is 10.2. The minimum Gasteiger partial charge on any atom is -0.491 e. The third kappa shape index (κ3) is 2.85. The van der Waals surface area contributed by atoms with Crippen molar-refractivity contribution in [2.24, 2.45) is 0 Å². The number of rotatable bonds is 4. The van der Waals surface area contributed by atoms with Gasteiger partial charge in [0.15, 0.2) is 0 Å². The van der Waals surface area contributed by atoms with E-state index in [2.05, 4.69) is 0 Å². The molecule has 0 aliphatic carbocycles. The number of carboxylic acids is 1. The monoisotopic (exact) mass is 196 g/mol. The smallest absolute Gasteiger partial charge is 0.306 e. The second-order valence-electron chi connectivity index (χ2n) is 2.79. The SMILES string of the molecule is Nc1ccc(OCCC(=O)O)c(N)c1. The highest BCUT2D eigenvalue weighted by molar-refractivity contribution is 5.67. The number of carboxylic acid groups (broad SMARTS) is 1. The topological polar surface area (TPSA) is 98.6 Å². The Morgan fingerprint density at radius 1 is 1.43 bits per heavy atom. The van der Waals surface area contributed by atoms with Crippen LogP contribution in [0, 0.1) is 0 Å². The van der Waals surface area contributed by atoms with Crippen LogP contribution in [0.15, 0.2) is 18.2 Å². The largest absolute Gasteiger partial charge is 0.491 e. The Morgan fingerprint density at radius 3 is 2.71 bits per heavy atom. The molecular weight excluding hydrogens is 184 g/mol. The van der Waals surface area contributed by atoms with E-state index in [1.807, 2.05) is 0 Å². The molecule has 0 radical (unpaired) electrons. The minimum absolute atomic E-state index is 0.0518. The van der Waals surface area contributed by atoms with Gasteiger partial charge in [-0.2, -0.15) is 0 Å². The van der Waals surface area contributed by atoms with Gasteiger partial charge in [0, 0.05) is 5.69 Å². The summed E-state index contributed by atoms with van der Waals surface area (Å²) in [6.45, 7) is 0.101. The van der Waals surface area contributed by atoms with E-state index >= 15 is 0 Å². The second-order valence-corrected chi connectivity index (χ2v) is 2.79. The van der Waals surface area contributed by atoms with Crippen LogP contribution in [-0.4, -0.2) is 17.7 Å². The summed E-state index contributed by atoms with van der Waals surface area (Å²) in [7, 11) is 0. The van der Waals surface area contributed by atoms with Gasteiger partial charge >= 0.3 is 5.97 Å². The fourth-order valence-corrected chi connectivity index (χ4v) is 0.947. The lowest BCUT2D eigenvalue weighted by molar-refractivity contribution is -0.137. The molecule has 0 atom stereocenters. The Hall–Kier alpha value is -1.91. The molecule has 0 saturated heterocycles. The number of ether oxygens (including phenoxy) is 1. The lowest BCUT2D eigenvalue weighted by atomic mass is 10.2. The normalized spacial score (nSPS) is 9.71. The first kappa shape index (κ1) is 10.2. The van der Waals surface area contributed by atoms with Crippen LogP contribution < -0.4 is 16.2 Å². The van der Waals surface area contributed by atoms with Crippen LogP contribution in [0.2, 0.25) is 0 Å². The van der Waals surface area contributed by atoms with Crippen LogP contribution in [0.4, 0.5) is 11.4 Å². The van der Waals surface area contributed by atoms with Crippen molar-refractivity contribution < 1.29 is 14.6 Å². The summed E-state index contributed by atoms with van der Waals surface area (Å²) in [5, 5.41) is 8.37. The van der Waals surface area contributed by atoms with E-state index in [9.17, 15) is 4.79 Å².